The molecule has 1 fully saturated rings. The molecular formula is C26H26N4O7S. The minimum atomic E-state index is -4.08. The number of nitro groups is 1. The summed E-state index contributed by atoms with van der Waals surface area (Å²) in [6.07, 6.45) is -1.13. The van der Waals surface area contributed by atoms with Gasteiger partial charge in [-0.1, -0.05) is 47.6 Å². The maximum absolute atomic E-state index is 13.5. The summed E-state index contributed by atoms with van der Waals surface area (Å²) in [5.41, 5.74) is 2.41. The van der Waals surface area contributed by atoms with E-state index < -0.39 is 33.0 Å². The maximum atomic E-state index is 13.5. The van der Waals surface area contributed by atoms with Gasteiger partial charge in [0, 0.05) is 25.1 Å². The van der Waals surface area contributed by atoms with E-state index in [-0.39, 0.29) is 30.1 Å². The quantitative estimate of drug-likeness (QED) is 0.314. The number of hydrogen-bond donors (Lipinski definition) is 2. The molecule has 198 valence electrons. The Morgan fingerprint density at radius 1 is 1.11 bits per heavy atom. The van der Waals surface area contributed by atoms with Crippen LogP contribution in [0.3, 0.4) is 0 Å². The third kappa shape index (κ3) is 5.88. The number of carbonyl (C=O) groups is 1. The Morgan fingerprint density at radius 2 is 1.74 bits per heavy atom. The molecule has 38 heavy (non-hydrogen) atoms. The second-order valence-corrected chi connectivity index (χ2v) is 10.5. The van der Waals surface area contributed by atoms with Gasteiger partial charge in [0.15, 0.2) is 0 Å². The fraction of sp³-hybridized carbons (Fsp3) is 0.231. The van der Waals surface area contributed by atoms with Crippen LogP contribution in [0.15, 0.2) is 88.9 Å². The number of amides is 1. The molecule has 0 saturated carbocycles. The average molecular weight is 539 g/mol. The van der Waals surface area contributed by atoms with Gasteiger partial charge in [-0.25, -0.2) is 8.42 Å². The van der Waals surface area contributed by atoms with E-state index in [0.717, 1.165) is 15.4 Å². The van der Waals surface area contributed by atoms with Crippen LogP contribution >= 0.6 is 0 Å². The summed E-state index contributed by atoms with van der Waals surface area (Å²) >= 11 is 0. The maximum Gasteiger partial charge on any atom is 0.269 e. The second kappa shape index (κ2) is 11.5. The molecule has 3 aromatic carbocycles. The second-order valence-electron chi connectivity index (χ2n) is 8.61. The highest BCUT2D eigenvalue weighted by Gasteiger charge is 2.43. The third-order valence-corrected chi connectivity index (χ3v) is 8.03. The predicted molar refractivity (Wildman–Crippen MR) is 140 cm³/mol. The minimum Gasteiger partial charge on any atom is -0.399 e. The predicted octanol–water partition coefficient (Wildman–Crippen LogP) is 2.88. The minimum absolute atomic E-state index is 0.0224. The van der Waals surface area contributed by atoms with Crippen LogP contribution in [0.5, 0.6) is 0 Å². The molecule has 1 aliphatic heterocycles. The van der Waals surface area contributed by atoms with E-state index in [1.807, 2.05) is 30.3 Å². The SMILES string of the molecule is CO/N=C1\CC(C(=O)NCC(O)c2ccc([N+](=O)[O-])cc2)N(S(=O)(=O)c2ccc(-c3ccccc3)cc2)C1. The van der Waals surface area contributed by atoms with Gasteiger partial charge in [0.05, 0.1) is 28.2 Å². The zero-order valence-electron chi connectivity index (χ0n) is 20.4. The molecule has 2 N–H and O–H groups in total. The smallest absolute Gasteiger partial charge is 0.269 e. The van der Waals surface area contributed by atoms with Gasteiger partial charge in [-0.3, -0.25) is 14.9 Å². The van der Waals surface area contributed by atoms with Crippen molar-refractivity contribution in [1.82, 2.24) is 9.62 Å². The van der Waals surface area contributed by atoms with Gasteiger partial charge in [0.25, 0.3) is 5.69 Å². The zero-order chi connectivity index (χ0) is 27.3. The first-order chi connectivity index (χ1) is 18.2. The van der Waals surface area contributed by atoms with Crippen LogP contribution in [-0.2, 0) is 19.7 Å². The number of nitrogens with one attached hydrogen (secondary N) is 1. The lowest BCUT2D eigenvalue weighted by Gasteiger charge is -2.23. The first-order valence-electron chi connectivity index (χ1n) is 11.7. The number of rotatable bonds is 9. The molecule has 2 unspecified atom stereocenters. The molecule has 12 heteroatoms. The van der Waals surface area contributed by atoms with Crippen molar-refractivity contribution in [2.45, 2.75) is 23.5 Å². The molecule has 1 saturated heterocycles. The number of sulfonamides is 1. The van der Waals surface area contributed by atoms with E-state index in [0.29, 0.717) is 11.3 Å². The van der Waals surface area contributed by atoms with Crippen molar-refractivity contribution >= 4 is 27.3 Å². The summed E-state index contributed by atoms with van der Waals surface area (Å²) in [6, 6.07) is 20.1. The molecule has 2 atom stereocenters. The van der Waals surface area contributed by atoms with Crippen LogP contribution in [0.25, 0.3) is 11.1 Å². The molecule has 11 nitrogen and oxygen atoms in total. The van der Waals surface area contributed by atoms with Gasteiger partial charge in [-0.15, -0.1) is 0 Å². The summed E-state index contributed by atoms with van der Waals surface area (Å²) in [4.78, 5) is 28.2. The summed E-state index contributed by atoms with van der Waals surface area (Å²) in [5.74, 6) is -0.614. The van der Waals surface area contributed by atoms with E-state index >= 15 is 0 Å². The Bertz CT molecular complexity index is 1430. The lowest BCUT2D eigenvalue weighted by atomic mass is 10.1. The number of hydrogen-bond acceptors (Lipinski definition) is 8. The number of carbonyl (C=O) groups excluding carboxylic acids is 1. The van der Waals surface area contributed by atoms with E-state index in [1.165, 1.54) is 43.5 Å². The molecule has 0 radical (unpaired) electrons. The first kappa shape index (κ1) is 26.9. The standard InChI is InChI=1S/C26H26N4O7S/c1-37-28-21-15-24(26(32)27-16-25(31)20-7-11-22(12-8-20)30(33)34)29(17-21)38(35,36)23-13-9-19(10-14-23)18-5-3-2-4-6-18/h2-14,24-25,31H,15-17H2,1H3,(H,27,32)/b28-21+. The van der Waals surface area contributed by atoms with Crippen LogP contribution in [-0.4, -0.2) is 60.6 Å². The largest absolute Gasteiger partial charge is 0.399 e. The zero-order valence-corrected chi connectivity index (χ0v) is 21.2. The van der Waals surface area contributed by atoms with Crippen LogP contribution in [0.2, 0.25) is 0 Å². The normalized spacial score (nSPS) is 17.7. The van der Waals surface area contributed by atoms with Gasteiger partial charge in [-0.2, -0.15) is 4.31 Å². The molecule has 0 aromatic heterocycles. The number of nitrogens with zero attached hydrogens (tertiary/aromatic N) is 3. The molecule has 1 amide bonds. The van der Waals surface area contributed by atoms with Gasteiger partial charge in [-0.05, 0) is 41.0 Å². The lowest BCUT2D eigenvalue weighted by molar-refractivity contribution is -0.384. The molecule has 1 heterocycles. The van der Waals surface area contributed by atoms with Crippen molar-refractivity contribution in [1.29, 1.82) is 0 Å². The van der Waals surface area contributed by atoms with Crippen molar-refractivity contribution in [2.24, 2.45) is 5.16 Å². The molecule has 3 aromatic rings. The Labute approximate surface area is 219 Å². The van der Waals surface area contributed by atoms with Gasteiger partial charge < -0.3 is 15.3 Å². The van der Waals surface area contributed by atoms with E-state index in [4.69, 9.17) is 4.84 Å². The molecule has 1 aliphatic rings. The molecule has 0 bridgehead atoms. The van der Waals surface area contributed by atoms with Crippen LogP contribution < -0.4 is 5.32 Å². The number of nitro benzene ring substituents is 1. The fourth-order valence-corrected chi connectivity index (χ4v) is 5.76. The number of non-ortho nitro benzene ring substituents is 1. The molecule has 0 spiro atoms. The summed E-state index contributed by atoms with van der Waals surface area (Å²) in [5, 5.41) is 27.7. The fourth-order valence-electron chi connectivity index (χ4n) is 4.19. The van der Waals surface area contributed by atoms with Crippen molar-refractivity contribution < 1.29 is 28.1 Å². The van der Waals surface area contributed by atoms with Crippen molar-refractivity contribution in [3.63, 3.8) is 0 Å². The Kier molecular flexibility index (Phi) is 8.15. The Balaban J connectivity index is 1.50. The highest BCUT2D eigenvalue weighted by atomic mass is 32.2. The number of oxime groups is 1. The number of benzene rings is 3. The molecule has 0 aliphatic carbocycles. The van der Waals surface area contributed by atoms with Crippen LogP contribution in [0.4, 0.5) is 5.69 Å². The molecule has 4 rings (SSSR count). The van der Waals surface area contributed by atoms with Gasteiger partial charge in [0.2, 0.25) is 15.9 Å². The topological polar surface area (TPSA) is 151 Å². The van der Waals surface area contributed by atoms with E-state index in [2.05, 4.69) is 10.5 Å². The summed E-state index contributed by atoms with van der Waals surface area (Å²) in [6.45, 7) is -0.344. The van der Waals surface area contributed by atoms with Crippen LogP contribution in [0, 0.1) is 10.1 Å². The van der Waals surface area contributed by atoms with Gasteiger partial charge in [0.1, 0.15) is 13.2 Å². The van der Waals surface area contributed by atoms with Gasteiger partial charge >= 0.3 is 0 Å². The van der Waals surface area contributed by atoms with E-state index in [1.54, 1.807) is 12.1 Å². The number of aliphatic hydroxyl groups is 1. The summed E-state index contributed by atoms with van der Waals surface area (Å²) < 4.78 is 28.1. The highest BCUT2D eigenvalue weighted by Crippen LogP contribution is 2.28. The monoisotopic (exact) mass is 538 g/mol. The first-order valence-corrected chi connectivity index (χ1v) is 13.1. The third-order valence-electron chi connectivity index (χ3n) is 6.16. The van der Waals surface area contributed by atoms with E-state index in [9.17, 15) is 28.4 Å². The average Bonchev–Trinajstić information content (AvgIpc) is 3.37. The molecular weight excluding hydrogens is 512 g/mol. The summed E-state index contributed by atoms with van der Waals surface area (Å²) in [7, 11) is -2.74. The van der Waals surface area contributed by atoms with Crippen molar-refractivity contribution in [3.05, 3.63) is 94.5 Å². The number of aliphatic hydroxyl groups excluding tert-OH is 1. The lowest BCUT2D eigenvalue weighted by Crippen LogP contribution is -2.46. The van der Waals surface area contributed by atoms with Crippen molar-refractivity contribution in [3.8, 4) is 11.1 Å². The Hall–Kier alpha value is -4.13. The van der Waals surface area contributed by atoms with Crippen molar-refractivity contribution in [2.75, 3.05) is 20.2 Å². The Morgan fingerprint density at radius 3 is 2.34 bits per heavy atom. The highest BCUT2D eigenvalue weighted by molar-refractivity contribution is 7.89. The van der Waals surface area contributed by atoms with Crippen LogP contribution in [0.1, 0.15) is 18.1 Å².